The smallest absolute Gasteiger partial charge is 0.306 e. The lowest BCUT2D eigenvalue weighted by atomic mass is 10.2. The number of nitroso groups, excluding NO2 is 1. The van der Waals surface area contributed by atoms with Crippen LogP contribution in [0.3, 0.4) is 0 Å². The van der Waals surface area contributed by atoms with Crippen LogP contribution in [0.1, 0.15) is 6.42 Å². The Morgan fingerprint density at radius 3 is 2.64 bits per heavy atom. The number of nitrogens with zero attached hydrogens (tertiary/aromatic N) is 2. The molecule has 64 valence electrons. The number of rotatable bonds is 5. The highest BCUT2D eigenvalue weighted by Crippen LogP contribution is 1.94. The summed E-state index contributed by atoms with van der Waals surface area (Å²) >= 11 is 0. The van der Waals surface area contributed by atoms with Crippen LogP contribution in [-0.4, -0.2) is 40.9 Å². The minimum atomic E-state index is -1.10. The molecule has 6 heteroatoms. The molecule has 0 saturated carbocycles. The molecular formula is C5H10N2O4. The van der Waals surface area contributed by atoms with E-state index in [1.165, 1.54) is 7.05 Å². The van der Waals surface area contributed by atoms with Crippen LogP contribution in [0.4, 0.5) is 0 Å². The van der Waals surface area contributed by atoms with Crippen LogP contribution in [0.5, 0.6) is 0 Å². The number of carboxylic acids is 1. The van der Waals surface area contributed by atoms with Crippen molar-refractivity contribution in [2.24, 2.45) is 5.29 Å². The Bertz CT molecular complexity index is 149. The molecule has 6 nitrogen and oxygen atoms in total. The Labute approximate surface area is 63.4 Å². The van der Waals surface area contributed by atoms with E-state index in [4.69, 9.17) is 10.2 Å². The molecular weight excluding hydrogens is 152 g/mol. The van der Waals surface area contributed by atoms with Crippen molar-refractivity contribution in [3.8, 4) is 0 Å². The lowest BCUT2D eigenvalue weighted by molar-refractivity contribution is -0.139. The van der Waals surface area contributed by atoms with Gasteiger partial charge in [-0.3, -0.25) is 9.80 Å². The van der Waals surface area contributed by atoms with E-state index in [2.05, 4.69) is 5.29 Å². The second-order valence-corrected chi connectivity index (χ2v) is 2.17. The quantitative estimate of drug-likeness (QED) is 0.417. The fourth-order valence-electron chi connectivity index (χ4n) is 0.604. The van der Waals surface area contributed by atoms with Crippen molar-refractivity contribution in [2.45, 2.75) is 12.5 Å². The van der Waals surface area contributed by atoms with Gasteiger partial charge in [0.05, 0.1) is 24.4 Å². The molecule has 0 radical (unpaired) electrons. The van der Waals surface area contributed by atoms with Crippen molar-refractivity contribution in [1.82, 2.24) is 5.01 Å². The van der Waals surface area contributed by atoms with Gasteiger partial charge in [0, 0.05) is 7.05 Å². The first kappa shape index (κ1) is 9.83. The van der Waals surface area contributed by atoms with E-state index in [0.29, 0.717) is 0 Å². The minimum Gasteiger partial charge on any atom is -0.481 e. The van der Waals surface area contributed by atoms with E-state index in [9.17, 15) is 9.70 Å². The first-order valence-electron chi connectivity index (χ1n) is 3.00. The van der Waals surface area contributed by atoms with E-state index in [1.54, 1.807) is 0 Å². The third kappa shape index (κ3) is 5.28. The minimum absolute atomic E-state index is 0.0597. The molecule has 1 atom stereocenters. The second-order valence-electron chi connectivity index (χ2n) is 2.17. The zero-order valence-corrected chi connectivity index (χ0v) is 6.10. The van der Waals surface area contributed by atoms with E-state index < -0.39 is 12.1 Å². The summed E-state index contributed by atoms with van der Waals surface area (Å²) in [6, 6.07) is 0. The fraction of sp³-hybridized carbons (Fsp3) is 0.800. The van der Waals surface area contributed by atoms with Gasteiger partial charge in [0.1, 0.15) is 0 Å². The van der Waals surface area contributed by atoms with Crippen LogP contribution in [-0.2, 0) is 4.79 Å². The highest BCUT2D eigenvalue weighted by Gasteiger charge is 2.11. The maximum atomic E-state index is 9.99. The standard InChI is InChI=1S/C5H10N2O4/c1-7(6-11)3-4(8)2-5(9)10/h4,8H,2-3H2,1H3,(H,9,10). The first-order valence-corrected chi connectivity index (χ1v) is 3.00. The van der Waals surface area contributed by atoms with E-state index in [-0.39, 0.29) is 13.0 Å². The van der Waals surface area contributed by atoms with Gasteiger partial charge in [-0.15, -0.1) is 4.91 Å². The molecule has 0 heterocycles. The van der Waals surface area contributed by atoms with E-state index in [1.807, 2.05) is 0 Å². The molecule has 0 fully saturated rings. The van der Waals surface area contributed by atoms with Gasteiger partial charge in [-0.05, 0) is 0 Å². The van der Waals surface area contributed by atoms with E-state index in [0.717, 1.165) is 5.01 Å². The monoisotopic (exact) mass is 162 g/mol. The highest BCUT2D eigenvalue weighted by atomic mass is 16.4. The molecule has 0 aliphatic heterocycles. The number of carbonyl (C=O) groups is 1. The summed E-state index contributed by atoms with van der Waals surface area (Å²) in [5.74, 6) is -1.10. The molecule has 0 aromatic heterocycles. The number of hydrogen-bond acceptors (Lipinski definition) is 4. The van der Waals surface area contributed by atoms with Crippen molar-refractivity contribution < 1.29 is 15.0 Å². The van der Waals surface area contributed by atoms with Gasteiger partial charge in [-0.1, -0.05) is 0 Å². The molecule has 0 aliphatic carbocycles. The molecule has 2 N–H and O–H groups in total. The zero-order chi connectivity index (χ0) is 8.85. The Morgan fingerprint density at radius 1 is 1.73 bits per heavy atom. The van der Waals surface area contributed by atoms with Gasteiger partial charge in [0.2, 0.25) is 0 Å². The number of likely N-dealkylation sites (N-methyl/N-ethyl adjacent to an activating group) is 1. The second kappa shape index (κ2) is 4.62. The van der Waals surface area contributed by atoms with Crippen LogP contribution >= 0.6 is 0 Å². The van der Waals surface area contributed by atoms with Crippen molar-refractivity contribution in [3.05, 3.63) is 4.91 Å². The van der Waals surface area contributed by atoms with Crippen molar-refractivity contribution in [2.75, 3.05) is 13.6 Å². The zero-order valence-electron chi connectivity index (χ0n) is 6.10. The average molecular weight is 162 g/mol. The van der Waals surface area contributed by atoms with E-state index >= 15 is 0 Å². The summed E-state index contributed by atoms with van der Waals surface area (Å²) in [5.41, 5.74) is 0. The Balaban J connectivity index is 3.59. The Hall–Kier alpha value is -1.17. The van der Waals surface area contributed by atoms with Crippen LogP contribution in [0, 0.1) is 4.91 Å². The first-order chi connectivity index (χ1) is 5.06. The maximum absolute atomic E-state index is 9.99. The summed E-state index contributed by atoms with van der Waals surface area (Å²) in [7, 11) is 1.36. The normalized spacial score (nSPS) is 12.2. The fourth-order valence-corrected chi connectivity index (χ4v) is 0.604. The predicted octanol–water partition coefficient (Wildman–Crippen LogP) is -0.565. The van der Waals surface area contributed by atoms with Crippen LogP contribution in [0.25, 0.3) is 0 Å². The summed E-state index contributed by atoms with van der Waals surface area (Å²) in [5, 5.41) is 20.5. The summed E-state index contributed by atoms with van der Waals surface area (Å²) in [4.78, 5) is 19.7. The molecule has 0 rings (SSSR count). The molecule has 11 heavy (non-hydrogen) atoms. The van der Waals surface area contributed by atoms with Gasteiger partial charge in [-0.2, -0.15) is 0 Å². The SMILES string of the molecule is CN(CC(O)CC(=O)O)N=O. The number of aliphatic carboxylic acids is 1. The molecule has 0 aliphatic rings. The lowest BCUT2D eigenvalue weighted by Crippen LogP contribution is -2.26. The van der Waals surface area contributed by atoms with Crippen LogP contribution in [0.15, 0.2) is 5.29 Å². The molecule has 0 saturated heterocycles. The van der Waals surface area contributed by atoms with Crippen molar-refractivity contribution >= 4 is 5.97 Å². The number of aliphatic hydroxyl groups excluding tert-OH is 1. The number of aliphatic hydroxyl groups is 1. The third-order valence-corrected chi connectivity index (χ3v) is 1.02. The highest BCUT2D eigenvalue weighted by molar-refractivity contribution is 5.67. The third-order valence-electron chi connectivity index (χ3n) is 1.02. The van der Waals surface area contributed by atoms with Gasteiger partial charge >= 0.3 is 5.97 Å². The van der Waals surface area contributed by atoms with Gasteiger partial charge < -0.3 is 10.2 Å². The molecule has 0 bridgehead atoms. The Kier molecular flexibility index (Phi) is 4.12. The van der Waals surface area contributed by atoms with Gasteiger partial charge in [-0.25, -0.2) is 0 Å². The Morgan fingerprint density at radius 2 is 2.27 bits per heavy atom. The molecule has 1 unspecified atom stereocenters. The topological polar surface area (TPSA) is 90.2 Å². The van der Waals surface area contributed by atoms with Crippen molar-refractivity contribution in [3.63, 3.8) is 0 Å². The predicted molar refractivity (Wildman–Crippen MR) is 36.7 cm³/mol. The molecule has 0 aromatic carbocycles. The largest absolute Gasteiger partial charge is 0.481 e. The average Bonchev–Trinajstić information content (AvgIpc) is 1.85. The van der Waals surface area contributed by atoms with Crippen LogP contribution < -0.4 is 0 Å². The molecule has 0 aromatic rings. The molecule has 0 spiro atoms. The summed E-state index contributed by atoms with van der Waals surface area (Å²) < 4.78 is 0. The number of carboxylic acid groups (broad SMARTS) is 1. The number of hydrogen-bond donors (Lipinski definition) is 2. The summed E-state index contributed by atoms with van der Waals surface area (Å²) in [6.07, 6.45) is -1.42. The molecule has 0 amide bonds. The van der Waals surface area contributed by atoms with Crippen molar-refractivity contribution in [1.29, 1.82) is 0 Å². The lowest BCUT2D eigenvalue weighted by Gasteiger charge is -2.12. The van der Waals surface area contributed by atoms with Crippen LogP contribution in [0.2, 0.25) is 0 Å². The maximum Gasteiger partial charge on any atom is 0.306 e. The van der Waals surface area contributed by atoms with Gasteiger partial charge in [0.25, 0.3) is 0 Å². The van der Waals surface area contributed by atoms with Gasteiger partial charge in [0.15, 0.2) is 0 Å². The summed E-state index contributed by atoms with van der Waals surface area (Å²) in [6.45, 7) is -0.0597.